The molecule has 0 N–H and O–H groups in total. The summed E-state index contributed by atoms with van der Waals surface area (Å²) in [5.41, 5.74) is 0.583. The minimum atomic E-state index is -3.45. The highest BCUT2D eigenvalue weighted by Gasteiger charge is 2.28. The number of aromatic nitrogens is 2. The van der Waals surface area contributed by atoms with Crippen LogP contribution in [-0.2, 0) is 20.5 Å². The van der Waals surface area contributed by atoms with Crippen LogP contribution in [0.2, 0.25) is 0 Å². The molecule has 2 aliphatic rings. The van der Waals surface area contributed by atoms with Crippen molar-refractivity contribution in [3.8, 4) is 0 Å². The molecule has 156 valence electrons. The molecule has 0 atom stereocenters. The molecule has 0 saturated carbocycles. The Labute approximate surface area is 170 Å². The molecule has 2 fully saturated rings. The van der Waals surface area contributed by atoms with Crippen LogP contribution in [0, 0.1) is 5.82 Å². The van der Waals surface area contributed by atoms with Gasteiger partial charge in [0.05, 0.1) is 19.0 Å². The van der Waals surface area contributed by atoms with Gasteiger partial charge in [-0.15, -0.1) is 0 Å². The summed E-state index contributed by atoms with van der Waals surface area (Å²) in [5.74, 6) is 1.17. The van der Waals surface area contributed by atoms with Gasteiger partial charge >= 0.3 is 0 Å². The molecule has 4 rings (SSSR count). The molecule has 29 heavy (non-hydrogen) atoms. The average Bonchev–Trinajstić information content (AvgIpc) is 2.76. The summed E-state index contributed by atoms with van der Waals surface area (Å²) in [4.78, 5) is 13.0. The molecule has 0 spiro atoms. The van der Waals surface area contributed by atoms with Crippen molar-refractivity contribution in [3.05, 3.63) is 48.0 Å². The third-order valence-corrected chi connectivity index (χ3v) is 7.04. The maximum atomic E-state index is 13.0. The van der Waals surface area contributed by atoms with Gasteiger partial charge in [-0.25, -0.2) is 22.8 Å². The van der Waals surface area contributed by atoms with Crippen molar-refractivity contribution in [1.29, 1.82) is 0 Å². The number of benzene rings is 1. The number of sulfonamides is 1. The van der Waals surface area contributed by atoms with Gasteiger partial charge in [0.25, 0.3) is 0 Å². The molecular formula is C19H24FN5O3S. The molecule has 0 radical (unpaired) electrons. The summed E-state index contributed by atoms with van der Waals surface area (Å²) in [6, 6.07) is 7.54. The highest BCUT2D eigenvalue weighted by atomic mass is 32.2. The number of piperazine rings is 1. The number of rotatable bonds is 5. The third-order valence-electron chi connectivity index (χ3n) is 5.19. The van der Waals surface area contributed by atoms with Gasteiger partial charge in [-0.05, 0) is 17.7 Å². The minimum absolute atomic E-state index is 0.123. The minimum Gasteiger partial charge on any atom is -0.378 e. The molecule has 1 aromatic heterocycles. The first kappa shape index (κ1) is 20.0. The molecule has 2 aromatic rings. The van der Waals surface area contributed by atoms with Crippen LogP contribution in [0.4, 0.5) is 16.0 Å². The van der Waals surface area contributed by atoms with Gasteiger partial charge in [0.1, 0.15) is 23.8 Å². The molecule has 0 aliphatic carbocycles. The van der Waals surface area contributed by atoms with Crippen molar-refractivity contribution >= 4 is 21.7 Å². The Kier molecular flexibility index (Phi) is 5.93. The second-order valence-electron chi connectivity index (χ2n) is 7.10. The topological polar surface area (TPSA) is 78.9 Å². The van der Waals surface area contributed by atoms with Gasteiger partial charge < -0.3 is 14.5 Å². The zero-order valence-electron chi connectivity index (χ0n) is 16.1. The molecule has 8 nitrogen and oxygen atoms in total. The number of anilines is 2. The van der Waals surface area contributed by atoms with Crippen molar-refractivity contribution in [2.45, 2.75) is 5.75 Å². The average molecular weight is 421 g/mol. The molecule has 0 bridgehead atoms. The Bertz CT molecular complexity index is 927. The zero-order valence-corrected chi connectivity index (χ0v) is 16.9. The Balaban J connectivity index is 1.38. The first-order valence-corrected chi connectivity index (χ1v) is 11.2. The number of ether oxygens (including phenoxy) is 1. The SMILES string of the molecule is O=S(=O)(Cc1ccc(F)cc1)N1CCN(c2cc(N3CCOCC3)ncn2)CC1. The van der Waals surface area contributed by atoms with E-state index in [1.165, 1.54) is 28.6 Å². The van der Waals surface area contributed by atoms with E-state index in [9.17, 15) is 12.8 Å². The highest BCUT2D eigenvalue weighted by Crippen LogP contribution is 2.21. The van der Waals surface area contributed by atoms with Gasteiger partial charge in [0, 0.05) is 45.3 Å². The lowest BCUT2D eigenvalue weighted by Gasteiger charge is -2.35. The number of halogens is 1. The van der Waals surface area contributed by atoms with Crippen molar-refractivity contribution in [2.75, 3.05) is 62.3 Å². The van der Waals surface area contributed by atoms with E-state index in [0.29, 0.717) is 45.0 Å². The molecular weight excluding hydrogens is 397 g/mol. The molecule has 3 heterocycles. The van der Waals surface area contributed by atoms with Gasteiger partial charge in [-0.1, -0.05) is 12.1 Å². The number of hydrogen-bond acceptors (Lipinski definition) is 7. The quantitative estimate of drug-likeness (QED) is 0.715. The van der Waals surface area contributed by atoms with Crippen LogP contribution in [0.5, 0.6) is 0 Å². The summed E-state index contributed by atoms with van der Waals surface area (Å²) in [6.45, 7) is 4.86. The second kappa shape index (κ2) is 8.60. The van der Waals surface area contributed by atoms with Gasteiger partial charge in [-0.2, -0.15) is 4.31 Å². The van der Waals surface area contributed by atoms with E-state index in [0.717, 1.165) is 24.7 Å². The Morgan fingerprint density at radius 3 is 2.10 bits per heavy atom. The Morgan fingerprint density at radius 2 is 1.48 bits per heavy atom. The van der Waals surface area contributed by atoms with E-state index in [4.69, 9.17) is 4.74 Å². The fraction of sp³-hybridized carbons (Fsp3) is 0.474. The van der Waals surface area contributed by atoms with Crippen molar-refractivity contribution < 1.29 is 17.5 Å². The maximum Gasteiger partial charge on any atom is 0.218 e. The van der Waals surface area contributed by atoms with Crippen LogP contribution in [0.1, 0.15) is 5.56 Å². The largest absolute Gasteiger partial charge is 0.378 e. The van der Waals surface area contributed by atoms with E-state index < -0.39 is 10.0 Å². The van der Waals surface area contributed by atoms with E-state index in [2.05, 4.69) is 19.8 Å². The summed E-state index contributed by atoms with van der Waals surface area (Å²) in [6.07, 6.45) is 1.55. The van der Waals surface area contributed by atoms with Crippen molar-refractivity contribution in [2.24, 2.45) is 0 Å². The van der Waals surface area contributed by atoms with Crippen molar-refractivity contribution in [3.63, 3.8) is 0 Å². The van der Waals surface area contributed by atoms with Crippen LogP contribution in [0.15, 0.2) is 36.7 Å². The van der Waals surface area contributed by atoms with Crippen molar-refractivity contribution in [1.82, 2.24) is 14.3 Å². The molecule has 2 aliphatic heterocycles. The molecule has 10 heteroatoms. The van der Waals surface area contributed by atoms with Crippen LogP contribution < -0.4 is 9.80 Å². The van der Waals surface area contributed by atoms with Crippen LogP contribution in [-0.4, -0.2) is 75.2 Å². The fourth-order valence-electron chi connectivity index (χ4n) is 3.55. The Hall–Kier alpha value is -2.30. The molecule has 0 amide bonds. The standard InChI is InChI=1S/C19H24FN5O3S/c20-17-3-1-16(2-4-17)14-29(26,27)25-7-5-23(6-8-25)18-13-19(22-15-21-18)24-9-11-28-12-10-24/h1-4,13,15H,5-12,14H2. The van der Waals surface area contributed by atoms with E-state index in [-0.39, 0.29) is 11.6 Å². The summed E-state index contributed by atoms with van der Waals surface area (Å²) in [7, 11) is -3.45. The van der Waals surface area contributed by atoms with Crippen LogP contribution in [0.25, 0.3) is 0 Å². The Morgan fingerprint density at radius 1 is 0.897 bits per heavy atom. The lowest BCUT2D eigenvalue weighted by molar-refractivity contribution is 0.122. The predicted molar refractivity (Wildman–Crippen MR) is 108 cm³/mol. The van der Waals surface area contributed by atoms with Gasteiger partial charge in [-0.3, -0.25) is 0 Å². The molecule has 0 unspecified atom stereocenters. The second-order valence-corrected chi connectivity index (χ2v) is 9.07. The smallest absolute Gasteiger partial charge is 0.218 e. The lowest BCUT2D eigenvalue weighted by Crippen LogP contribution is -2.49. The maximum absolute atomic E-state index is 13.0. The number of hydrogen-bond donors (Lipinski definition) is 0. The molecule has 1 aromatic carbocycles. The fourth-order valence-corrected chi connectivity index (χ4v) is 5.07. The van der Waals surface area contributed by atoms with E-state index in [1.807, 2.05) is 6.07 Å². The number of morpholine rings is 1. The summed E-state index contributed by atoms with van der Waals surface area (Å²) in [5, 5.41) is 0. The van der Waals surface area contributed by atoms with Gasteiger partial charge in [0.2, 0.25) is 10.0 Å². The lowest BCUT2D eigenvalue weighted by atomic mass is 10.2. The number of nitrogens with zero attached hydrogens (tertiary/aromatic N) is 5. The van der Waals surface area contributed by atoms with Crippen LogP contribution in [0.3, 0.4) is 0 Å². The third kappa shape index (κ3) is 4.82. The van der Waals surface area contributed by atoms with Gasteiger partial charge in [0.15, 0.2) is 0 Å². The first-order chi connectivity index (χ1) is 14.0. The van der Waals surface area contributed by atoms with Crippen LogP contribution >= 0.6 is 0 Å². The predicted octanol–water partition coefficient (Wildman–Crippen LogP) is 1.10. The first-order valence-electron chi connectivity index (χ1n) is 9.63. The monoisotopic (exact) mass is 421 g/mol. The summed E-state index contributed by atoms with van der Waals surface area (Å²) < 4.78 is 45.3. The van der Waals surface area contributed by atoms with E-state index >= 15 is 0 Å². The van der Waals surface area contributed by atoms with E-state index in [1.54, 1.807) is 6.33 Å². The molecule has 2 saturated heterocycles. The summed E-state index contributed by atoms with van der Waals surface area (Å²) >= 11 is 0. The highest BCUT2D eigenvalue weighted by molar-refractivity contribution is 7.88. The normalized spacial score (nSPS) is 18.8. The zero-order chi connectivity index (χ0) is 20.3.